The first-order valence-electron chi connectivity index (χ1n) is 8.18. The zero-order valence-corrected chi connectivity index (χ0v) is 13.6. The smallest absolute Gasteiger partial charge is 0.329 e. The van der Waals surface area contributed by atoms with E-state index in [0.29, 0.717) is 25.2 Å². The van der Waals surface area contributed by atoms with E-state index in [1.54, 1.807) is 0 Å². The zero-order valence-electron chi connectivity index (χ0n) is 13.6. The van der Waals surface area contributed by atoms with Crippen molar-refractivity contribution in [2.24, 2.45) is 5.92 Å². The van der Waals surface area contributed by atoms with Crippen LogP contribution < -0.4 is 10.6 Å². The summed E-state index contributed by atoms with van der Waals surface area (Å²) in [4.78, 5) is 34.9. The fourth-order valence-electron chi connectivity index (χ4n) is 2.98. The summed E-state index contributed by atoms with van der Waals surface area (Å²) in [6, 6.07) is 0. The van der Waals surface area contributed by atoms with Crippen molar-refractivity contribution in [1.82, 2.24) is 10.6 Å². The quantitative estimate of drug-likeness (QED) is 0.637. The van der Waals surface area contributed by atoms with Crippen LogP contribution in [0.1, 0.15) is 65.2 Å². The molecule has 2 amide bonds. The van der Waals surface area contributed by atoms with Gasteiger partial charge in [0, 0.05) is 6.42 Å². The third-order valence-corrected chi connectivity index (χ3v) is 4.28. The first-order valence-corrected chi connectivity index (χ1v) is 8.18. The molecule has 22 heavy (non-hydrogen) atoms. The van der Waals surface area contributed by atoms with Crippen LogP contribution in [0.25, 0.3) is 0 Å². The van der Waals surface area contributed by atoms with Gasteiger partial charge in [0.25, 0.3) is 0 Å². The van der Waals surface area contributed by atoms with E-state index in [-0.39, 0.29) is 12.5 Å². The number of nitrogens with one attached hydrogen (secondary N) is 2. The maximum atomic E-state index is 11.8. The summed E-state index contributed by atoms with van der Waals surface area (Å²) in [7, 11) is 0. The lowest BCUT2D eigenvalue weighted by molar-refractivity contribution is -0.147. The van der Waals surface area contributed by atoms with Crippen LogP contribution in [0.5, 0.6) is 0 Å². The van der Waals surface area contributed by atoms with Crippen molar-refractivity contribution in [3.63, 3.8) is 0 Å². The van der Waals surface area contributed by atoms with E-state index in [2.05, 4.69) is 10.6 Å². The highest BCUT2D eigenvalue weighted by Gasteiger charge is 2.33. The minimum atomic E-state index is -1.28. The third kappa shape index (κ3) is 6.03. The third-order valence-electron chi connectivity index (χ3n) is 4.28. The molecule has 0 aliphatic heterocycles. The van der Waals surface area contributed by atoms with Gasteiger partial charge in [0.2, 0.25) is 11.8 Å². The zero-order chi connectivity index (χ0) is 16.6. The second-order valence-electron chi connectivity index (χ2n) is 6.42. The first kappa shape index (κ1) is 18.5. The Kier molecular flexibility index (Phi) is 7.35. The molecule has 0 bridgehead atoms. The van der Waals surface area contributed by atoms with E-state index in [1.165, 1.54) is 26.2 Å². The van der Waals surface area contributed by atoms with Crippen molar-refractivity contribution in [3.8, 4) is 0 Å². The fourth-order valence-corrected chi connectivity index (χ4v) is 2.98. The van der Waals surface area contributed by atoms with Gasteiger partial charge < -0.3 is 15.7 Å². The van der Waals surface area contributed by atoms with Crippen LogP contribution >= 0.6 is 0 Å². The molecule has 0 aromatic carbocycles. The average molecular weight is 312 g/mol. The molecule has 0 heterocycles. The molecular weight excluding hydrogens is 284 g/mol. The van der Waals surface area contributed by atoms with Crippen LogP contribution in [-0.2, 0) is 14.4 Å². The van der Waals surface area contributed by atoms with E-state index in [9.17, 15) is 19.5 Å². The van der Waals surface area contributed by atoms with Gasteiger partial charge in [0.15, 0.2) is 0 Å². The van der Waals surface area contributed by atoms with Crippen LogP contribution in [0.4, 0.5) is 0 Å². The summed E-state index contributed by atoms with van der Waals surface area (Å²) in [5.41, 5.74) is -1.28. The number of carbonyl (C=O) groups excluding carboxylic acids is 2. The highest BCUT2D eigenvalue weighted by molar-refractivity contribution is 5.89. The van der Waals surface area contributed by atoms with Crippen molar-refractivity contribution in [3.05, 3.63) is 0 Å². The standard InChI is InChI=1S/C16H28N2O4/c1-3-9-16(2,15(21)22)18-14(20)11-17-13(19)10-12-7-5-4-6-8-12/h12H,3-11H2,1-2H3,(H,17,19)(H,18,20)(H,21,22). The topological polar surface area (TPSA) is 95.5 Å². The Morgan fingerprint density at radius 2 is 1.77 bits per heavy atom. The molecule has 6 nitrogen and oxygen atoms in total. The van der Waals surface area contributed by atoms with Gasteiger partial charge in [-0.2, -0.15) is 0 Å². The lowest BCUT2D eigenvalue weighted by Crippen LogP contribution is -2.54. The number of carboxylic acids is 1. The van der Waals surface area contributed by atoms with Crippen LogP contribution in [0.3, 0.4) is 0 Å². The lowest BCUT2D eigenvalue weighted by atomic mass is 9.87. The SMILES string of the molecule is CCCC(C)(NC(=O)CNC(=O)CC1CCCCC1)C(=O)O. The maximum Gasteiger partial charge on any atom is 0.329 e. The Hall–Kier alpha value is -1.59. The van der Waals surface area contributed by atoms with Crippen LogP contribution in [0.15, 0.2) is 0 Å². The van der Waals surface area contributed by atoms with Crippen molar-refractivity contribution in [1.29, 1.82) is 0 Å². The molecule has 1 aliphatic carbocycles. The highest BCUT2D eigenvalue weighted by atomic mass is 16.4. The molecule has 1 aliphatic rings. The maximum absolute atomic E-state index is 11.8. The Balaban J connectivity index is 2.34. The van der Waals surface area contributed by atoms with E-state index >= 15 is 0 Å². The van der Waals surface area contributed by atoms with Crippen molar-refractivity contribution < 1.29 is 19.5 Å². The van der Waals surface area contributed by atoms with Gasteiger partial charge in [-0.05, 0) is 32.1 Å². The molecule has 126 valence electrons. The molecule has 0 spiro atoms. The second-order valence-corrected chi connectivity index (χ2v) is 6.42. The minimum Gasteiger partial charge on any atom is -0.480 e. The molecular formula is C16H28N2O4. The fraction of sp³-hybridized carbons (Fsp3) is 0.812. The van der Waals surface area contributed by atoms with Gasteiger partial charge in [0.1, 0.15) is 5.54 Å². The molecule has 1 atom stereocenters. The van der Waals surface area contributed by atoms with E-state index in [4.69, 9.17) is 0 Å². The number of carboxylic acid groups (broad SMARTS) is 1. The summed E-state index contributed by atoms with van der Waals surface area (Å²) in [5, 5.41) is 14.3. The molecule has 0 saturated heterocycles. The number of carbonyl (C=O) groups is 3. The number of rotatable bonds is 8. The van der Waals surface area contributed by atoms with E-state index in [1.807, 2.05) is 6.92 Å². The summed E-state index contributed by atoms with van der Waals surface area (Å²) >= 11 is 0. The number of aliphatic carboxylic acids is 1. The van der Waals surface area contributed by atoms with Gasteiger partial charge in [0.05, 0.1) is 6.54 Å². The Morgan fingerprint density at radius 3 is 2.32 bits per heavy atom. The van der Waals surface area contributed by atoms with Gasteiger partial charge in [-0.3, -0.25) is 9.59 Å². The molecule has 0 aromatic heterocycles. The second kappa shape index (κ2) is 8.76. The lowest BCUT2D eigenvalue weighted by Gasteiger charge is -2.26. The van der Waals surface area contributed by atoms with Crippen LogP contribution in [-0.4, -0.2) is 35.0 Å². The summed E-state index contributed by atoms with van der Waals surface area (Å²) in [5.74, 6) is -1.23. The van der Waals surface area contributed by atoms with Crippen molar-refractivity contribution in [2.45, 2.75) is 70.8 Å². The monoisotopic (exact) mass is 312 g/mol. The molecule has 0 radical (unpaired) electrons. The summed E-state index contributed by atoms with van der Waals surface area (Å²) in [6.07, 6.45) is 7.20. The first-order chi connectivity index (χ1) is 10.4. The molecule has 1 rings (SSSR count). The summed E-state index contributed by atoms with van der Waals surface area (Å²) in [6.45, 7) is 3.18. The average Bonchev–Trinajstić information content (AvgIpc) is 2.46. The molecule has 0 aromatic rings. The van der Waals surface area contributed by atoms with Gasteiger partial charge in [-0.25, -0.2) is 4.79 Å². The molecule has 1 saturated carbocycles. The van der Waals surface area contributed by atoms with Gasteiger partial charge in [-0.1, -0.05) is 32.6 Å². The van der Waals surface area contributed by atoms with Crippen molar-refractivity contribution >= 4 is 17.8 Å². The van der Waals surface area contributed by atoms with Crippen LogP contribution in [0.2, 0.25) is 0 Å². The largest absolute Gasteiger partial charge is 0.480 e. The predicted octanol–water partition coefficient (Wildman–Crippen LogP) is 1.83. The number of hydrogen-bond donors (Lipinski definition) is 3. The Morgan fingerprint density at radius 1 is 1.14 bits per heavy atom. The predicted molar refractivity (Wildman–Crippen MR) is 83.3 cm³/mol. The van der Waals surface area contributed by atoms with Gasteiger partial charge >= 0.3 is 5.97 Å². The molecule has 3 N–H and O–H groups in total. The molecule has 6 heteroatoms. The Labute approximate surface area is 132 Å². The number of hydrogen-bond acceptors (Lipinski definition) is 3. The normalized spacial score (nSPS) is 18.3. The Bertz CT molecular complexity index is 405. The minimum absolute atomic E-state index is 0.130. The molecule has 1 unspecified atom stereocenters. The van der Waals surface area contributed by atoms with E-state index in [0.717, 1.165) is 12.8 Å². The van der Waals surface area contributed by atoms with Gasteiger partial charge in [-0.15, -0.1) is 0 Å². The highest BCUT2D eigenvalue weighted by Crippen LogP contribution is 2.25. The molecule has 1 fully saturated rings. The number of amides is 2. The van der Waals surface area contributed by atoms with Crippen molar-refractivity contribution in [2.75, 3.05) is 6.54 Å². The van der Waals surface area contributed by atoms with E-state index < -0.39 is 17.4 Å². The summed E-state index contributed by atoms with van der Waals surface area (Å²) < 4.78 is 0. The van der Waals surface area contributed by atoms with Crippen LogP contribution in [0, 0.1) is 5.92 Å².